The van der Waals surface area contributed by atoms with Gasteiger partial charge in [-0.25, -0.2) is 0 Å². The van der Waals surface area contributed by atoms with Gasteiger partial charge in [0.15, 0.2) is 18.2 Å². The van der Waals surface area contributed by atoms with Gasteiger partial charge in [0.1, 0.15) is 47.3 Å². The van der Waals surface area contributed by atoms with Crippen molar-refractivity contribution in [3.8, 4) is 17.2 Å². The summed E-state index contributed by atoms with van der Waals surface area (Å²) in [6, 6.07) is 9.84. The van der Waals surface area contributed by atoms with Gasteiger partial charge in [-0.3, -0.25) is 4.79 Å². The second-order valence-corrected chi connectivity index (χ2v) is 9.28. The van der Waals surface area contributed by atoms with Crippen LogP contribution in [0.5, 0.6) is 17.2 Å². The predicted molar refractivity (Wildman–Crippen MR) is 131 cm³/mol. The van der Waals surface area contributed by atoms with Crippen LogP contribution < -0.4 is 4.74 Å². The van der Waals surface area contributed by atoms with Crippen LogP contribution in [0.15, 0.2) is 48.5 Å². The maximum Gasteiger partial charge on any atom is 0.229 e. The summed E-state index contributed by atoms with van der Waals surface area (Å²) in [6.07, 6.45) is -7.74. The van der Waals surface area contributed by atoms with Crippen molar-refractivity contribution in [2.75, 3.05) is 19.8 Å². The van der Waals surface area contributed by atoms with Crippen LogP contribution >= 0.6 is 0 Å². The number of allylic oxidation sites excluding steroid dienone is 1. The van der Waals surface area contributed by atoms with Crippen molar-refractivity contribution in [2.45, 2.75) is 48.7 Å². The molecule has 2 aliphatic heterocycles. The number of rotatable bonds is 9. The first-order chi connectivity index (χ1) is 18.6. The molecule has 4 rings (SSSR count). The summed E-state index contributed by atoms with van der Waals surface area (Å²) in [4.78, 5) is 12.4. The van der Waals surface area contributed by atoms with Gasteiger partial charge in [-0.2, -0.15) is 0 Å². The number of carbonyl (C=O) groups is 1. The number of aliphatic hydroxyl groups is 6. The van der Waals surface area contributed by atoms with Crippen molar-refractivity contribution < 1.29 is 64.6 Å². The van der Waals surface area contributed by atoms with E-state index in [2.05, 4.69) is 0 Å². The van der Waals surface area contributed by atoms with E-state index in [0.717, 1.165) is 6.07 Å². The first-order valence-corrected chi connectivity index (χ1v) is 12.0. The minimum Gasteiger partial charge on any atom is -0.508 e. The Balaban J connectivity index is 1.46. The molecule has 2 aliphatic rings. The molecule has 212 valence electrons. The zero-order chi connectivity index (χ0) is 28.3. The van der Waals surface area contributed by atoms with E-state index in [1.165, 1.54) is 36.4 Å². The van der Waals surface area contributed by atoms with Crippen molar-refractivity contribution in [2.24, 2.45) is 0 Å². The van der Waals surface area contributed by atoms with Crippen molar-refractivity contribution in [3.05, 3.63) is 59.7 Å². The van der Waals surface area contributed by atoms with E-state index in [4.69, 9.17) is 18.9 Å². The average Bonchev–Trinajstić information content (AvgIpc) is 3.21. The van der Waals surface area contributed by atoms with E-state index >= 15 is 0 Å². The summed E-state index contributed by atoms with van der Waals surface area (Å²) in [5.41, 5.74) is -1.39. The minimum atomic E-state index is -1.99. The van der Waals surface area contributed by atoms with Crippen LogP contribution in [0.3, 0.4) is 0 Å². The molecule has 8 atom stereocenters. The summed E-state index contributed by atoms with van der Waals surface area (Å²) in [5, 5.41) is 79.6. The van der Waals surface area contributed by atoms with Crippen LogP contribution in [0, 0.1) is 0 Å². The van der Waals surface area contributed by atoms with E-state index < -0.39 is 74.3 Å². The normalized spacial score (nSPS) is 32.9. The van der Waals surface area contributed by atoms with E-state index in [9.17, 15) is 45.6 Å². The Labute approximate surface area is 222 Å². The van der Waals surface area contributed by atoms with Gasteiger partial charge >= 0.3 is 0 Å². The minimum absolute atomic E-state index is 0.0115. The molecule has 2 aromatic rings. The third kappa shape index (κ3) is 6.22. The van der Waals surface area contributed by atoms with Gasteiger partial charge in [-0.15, -0.1) is 0 Å². The molecule has 2 saturated heterocycles. The van der Waals surface area contributed by atoms with Crippen LogP contribution in [0.2, 0.25) is 0 Å². The highest BCUT2D eigenvalue weighted by atomic mass is 16.8. The van der Waals surface area contributed by atoms with Crippen molar-refractivity contribution in [1.82, 2.24) is 0 Å². The predicted octanol–water partition coefficient (Wildman–Crippen LogP) is -1.36. The lowest BCUT2D eigenvalue weighted by molar-refractivity contribution is -0.318. The van der Waals surface area contributed by atoms with Crippen LogP contribution in [-0.4, -0.2) is 115 Å². The van der Waals surface area contributed by atoms with Crippen molar-refractivity contribution >= 4 is 11.9 Å². The third-order valence-electron chi connectivity index (χ3n) is 6.50. The van der Waals surface area contributed by atoms with Gasteiger partial charge in [0.2, 0.25) is 6.29 Å². The summed E-state index contributed by atoms with van der Waals surface area (Å²) in [7, 11) is 0. The van der Waals surface area contributed by atoms with Crippen molar-refractivity contribution in [1.29, 1.82) is 0 Å². The molecular weight excluding hydrogens is 520 g/mol. The molecule has 0 aliphatic carbocycles. The Morgan fingerprint density at radius 1 is 1.03 bits per heavy atom. The van der Waals surface area contributed by atoms with Crippen LogP contribution in [0.1, 0.15) is 15.9 Å². The molecule has 2 aromatic carbocycles. The lowest BCUT2D eigenvalue weighted by Gasteiger charge is -2.42. The zero-order valence-corrected chi connectivity index (χ0v) is 20.5. The molecule has 2 heterocycles. The number of ether oxygens (including phenoxy) is 4. The molecule has 0 spiro atoms. The van der Waals surface area contributed by atoms with Crippen molar-refractivity contribution in [3.63, 3.8) is 0 Å². The molecule has 0 bridgehead atoms. The lowest BCUT2D eigenvalue weighted by Crippen LogP contribution is -2.62. The monoisotopic (exact) mass is 550 g/mol. The molecule has 13 heteroatoms. The second-order valence-electron chi connectivity index (χ2n) is 9.28. The number of phenolic OH excluding ortho intramolecular Hbond substituents is 2. The third-order valence-corrected chi connectivity index (χ3v) is 6.50. The quantitative estimate of drug-likeness (QED) is 0.134. The Kier molecular flexibility index (Phi) is 8.86. The van der Waals surface area contributed by atoms with Crippen LogP contribution in [0.25, 0.3) is 6.08 Å². The Morgan fingerprint density at radius 2 is 1.74 bits per heavy atom. The highest BCUT2D eigenvalue weighted by molar-refractivity contribution is 6.08. The van der Waals surface area contributed by atoms with E-state index in [-0.39, 0.29) is 22.8 Å². The SMILES string of the molecule is O=C(/C=C/c1ccc(OC2O[C@H](CO)[C@@H](O)[C@H](O)[C@H]2O[C@@H]2OC[C@](O)(CO)[C@H]2O)cc1)c1ccc(O)cc1O. The van der Waals surface area contributed by atoms with Crippen LogP contribution in [-0.2, 0) is 14.2 Å². The highest BCUT2D eigenvalue weighted by Crippen LogP contribution is 2.32. The molecule has 8 N–H and O–H groups in total. The van der Waals surface area contributed by atoms with Gasteiger partial charge in [0.05, 0.1) is 25.4 Å². The fourth-order valence-electron chi connectivity index (χ4n) is 4.14. The maximum atomic E-state index is 12.4. The molecule has 13 nitrogen and oxygen atoms in total. The maximum absolute atomic E-state index is 12.4. The number of benzene rings is 2. The molecule has 39 heavy (non-hydrogen) atoms. The molecular formula is C26H30O13. The highest BCUT2D eigenvalue weighted by Gasteiger charge is 2.53. The lowest BCUT2D eigenvalue weighted by atomic mass is 9.98. The standard InChI is InChI=1S/C26H30O13/c27-10-19-20(32)21(33)22(39-25-23(34)26(35,11-28)12-36-25)24(38-19)37-15-5-1-13(2-6-15)3-8-17(30)16-7-4-14(29)9-18(16)31/h1-9,19-25,27-29,31-35H,10-12H2/b8-3+/t19-,20-,21+,22-,23+,24?,25+,26-/m1/s1. The number of hydrogen-bond acceptors (Lipinski definition) is 13. The fourth-order valence-corrected chi connectivity index (χ4v) is 4.14. The molecule has 0 saturated carbocycles. The second kappa shape index (κ2) is 12.0. The number of ketones is 1. The summed E-state index contributed by atoms with van der Waals surface area (Å²) in [5.74, 6) is -0.810. The molecule has 2 fully saturated rings. The smallest absolute Gasteiger partial charge is 0.229 e. The number of carbonyl (C=O) groups excluding carboxylic acids is 1. The fraction of sp³-hybridized carbons (Fsp3) is 0.423. The largest absolute Gasteiger partial charge is 0.508 e. The van der Waals surface area contributed by atoms with Gasteiger partial charge < -0.3 is 59.8 Å². The van der Waals surface area contributed by atoms with Gasteiger partial charge in [0.25, 0.3) is 0 Å². The zero-order valence-electron chi connectivity index (χ0n) is 20.5. The van der Waals surface area contributed by atoms with E-state index in [0.29, 0.717) is 5.56 Å². The number of aliphatic hydroxyl groups excluding tert-OH is 5. The Morgan fingerprint density at radius 3 is 2.36 bits per heavy atom. The average molecular weight is 551 g/mol. The van der Waals surface area contributed by atoms with Crippen LogP contribution in [0.4, 0.5) is 0 Å². The Bertz CT molecular complexity index is 1170. The summed E-state index contributed by atoms with van der Waals surface area (Å²) in [6.45, 7) is -1.91. The first-order valence-electron chi connectivity index (χ1n) is 12.0. The number of hydrogen-bond donors (Lipinski definition) is 8. The molecule has 1 unspecified atom stereocenters. The van der Waals surface area contributed by atoms with Gasteiger partial charge in [-0.1, -0.05) is 18.2 Å². The molecule has 0 aromatic heterocycles. The molecule has 0 amide bonds. The van der Waals surface area contributed by atoms with Gasteiger partial charge in [-0.05, 0) is 35.9 Å². The topological polar surface area (TPSA) is 216 Å². The summed E-state index contributed by atoms with van der Waals surface area (Å²) >= 11 is 0. The first kappa shape index (κ1) is 28.9. The van der Waals surface area contributed by atoms with E-state index in [1.807, 2.05) is 0 Å². The van der Waals surface area contributed by atoms with E-state index in [1.54, 1.807) is 12.1 Å². The number of aromatic hydroxyl groups is 2. The summed E-state index contributed by atoms with van der Waals surface area (Å²) < 4.78 is 22.2. The van der Waals surface area contributed by atoms with Gasteiger partial charge in [0, 0.05) is 6.07 Å². The Hall–Kier alpha value is -3.11. The molecule has 0 radical (unpaired) electrons. The number of phenols is 2.